The van der Waals surface area contributed by atoms with Crippen LogP contribution in [0.3, 0.4) is 0 Å². The summed E-state index contributed by atoms with van der Waals surface area (Å²) in [5, 5.41) is 19.7. The number of carboxylic acids is 2. The second-order valence-electron chi connectivity index (χ2n) is 4.61. The first-order valence-electron chi connectivity index (χ1n) is 6.55. The lowest BCUT2D eigenvalue weighted by Gasteiger charge is -2.25. The molecule has 1 unspecified atom stereocenters. The maximum absolute atomic E-state index is 12.0. The second-order valence-corrected chi connectivity index (χ2v) is 4.61. The molecule has 0 bridgehead atoms. The molecule has 0 aromatic rings. The molecule has 0 saturated carbocycles. The molecule has 1 heterocycles. The van der Waals surface area contributed by atoms with Crippen molar-refractivity contribution < 1.29 is 29.3 Å². The van der Waals surface area contributed by atoms with Gasteiger partial charge in [0, 0.05) is 19.7 Å². The summed E-state index contributed by atoms with van der Waals surface area (Å²) >= 11 is 0. The van der Waals surface area contributed by atoms with E-state index in [1.165, 1.54) is 4.90 Å². The van der Waals surface area contributed by atoms with E-state index in [1.807, 2.05) is 0 Å². The normalized spacial score (nSPS) is 19.4. The first kappa shape index (κ1) is 16.2. The van der Waals surface area contributed by atoms with Gasteiger partial charge in [0.2, 0.25) is 0 Å². The summed E-state index contributed by atoms with van der Waals surface area (Å²) in [5.74, 6) is -2.64. The lowest BCUT2D eigenvalue weighted by Crippen LogP contribution is -2.50. The number of rotatable bonds is 7. The van der Waals surface area contributed by atoms with Gasteiger partial charge in [-0.2, -0.15) is 0 Å². The van der Waals surface area contributed by atoms with E-state index >= 15 is 0 Å². The van der Waals surface area contributed by atoms with Crippen LogP contribution in [0.5, 0.6) is 0 Å². The van der Waals surface area contributed by atoms with Crippen molar-refractivity contribution in [3.8, 4) is 0 Å². The number of urea groups is 1. The van der Waals surface area contributed by atoms with Crippen LogP contribution in [-0.2, 0) is 14.3 Å². The van der Waals surface area contributed by atoms with Crippen LogP contribution in [0.15, 0.2) is 0 Å². The van der Waals surface area contributed by atoms with Gasteiger partial charge in [-0.05, 0) is 19.8 Å². The molecule has 1 aliphatic rings. The summed E-state index contributed by atoms with van der Waals surface area (Å²) in [6.45, 7) is 3.20. The van der Waals surface area contributed by atoms with Crippen molar-refractivity contribution in [2.24, 2.45) is 0 Å². The number of aliphatic carboxylic acids is 2. The highest BCUT2D eigenvalue weighted by Crippen LogP contribution is 2.13. The first-order chi connectivity index (χ1) is 9.43. The van der Waals surface area contributed by atoms with Gasteiger partial charge in [0.15, 0.2) is 0 Å². The maximum atomic E-state index is 12.0. The van der Waals surface area contributed by atoms with Crippen LogP contribution in [0.2, 0.25) is 0 Å². The van der Waals surface area contributed by atoms with Crippen molar-refractivity contribution in [3.05, 3.63) is 0 Å². The van der Waals surface area contributed by atoms with Gasteiger partial charge in [-0.15, -0.1) is 0 Å². The Labute approximate surface area is 116 Å². The molecule has 0 radical (unpaired) electrons. The molecule has 0 spiro atoms. The first-order valence-corrected chi connectivity index (χ1v) is 6.55. The highest BCUT2D eigenvalue weighted by molar-refractivity contribution is 5.86. The van der Waals surface area contributed by atoms with Gasteiger partial charge in [0.25, 0.3) is 0 Å². The Bertz CT molecular complexity index is 367. The standard InChI is InChI=1S/C12H20N2O6/c1-2-14(7-8-4-3-5-20-8)12(19)13-9(11(17)18)6-10(15)16/h8-9H,2-7H2,1H3,(H,13,19)(H,15,16)(H,17,18)/t8?,9-/m1/s1. The minimum absolute atomic E-state index is 0.0385. The zero-order valence-corrected chi connectivity index (χ0v) is 11.4. The smallest absolute Gasteiger partial charge is 0.326 e. The summed E-state index contributed by atoms with van der Waals surface area (Å²) in [7, 11) is 0. The third-order valence-corrected chi connectivity index (χ3v) is 3.09. The van der Waals surface area contributed by atoms with Crippen LogP contribution in [0.1, 0.15) is 26.2 Å². The third kappa shape index (κ3) is 5.04. The molecule has 2 atom stereocenters. The monoisotopic (exact) mass is 288 g/mol. The van der Waals surface area contributed by atoms with E-state index in [2.05, 4.69) is 5.32 Å². The summed E-state index contributed by atoms with van der Waals surface area (Å²) in [6, 6.07) is -2.02. The Hall–Kier alpha value is -1.83. The molecule has 2 amide bonds. The highest BCUT2D eigenvalue weighted by Gasteiger charge is 2.27. The number of carboxylic acid groups (broad SMARTS) is 2. The Kier molecular flexibility index (Phi) is 6.23. The molecule has 1 rings (SSSR count). The van der Waals surface area contributed by atoms with Gasteiger partial charge in [0.1, 0.15) is 6.04 Å². The molecule has 0 aromatic heterocycles. The fourth-order valence-corrected chi connectivity index (χ4v) is 2.00. The van der Waals surface area contributed by atoms with Crippen molar-refractivity contribution in [1.82, 2.24) is 10.2 Å². The number of hydrogen-bond acceptors (Lipinski definition) is 4. The largest absolute Gasteiger partial charge is 0.481 e. The number of carbonyl (C=O) groups is 3. The quantitative estimate of drug-likeness (QED) is 0.613. The third-order valence-electron chi connectivity index (χ3n) is 3.09. The number of amides is 2. The highest BCUT2D eigenvalue weighted by atomic mass is 16.5. The summed E-state index contributed by atoms with van der Waals surface area (Å²) < 4.78 is 5.42. The van der Waals surface area contributed by atoms with Crippen molar-refractivity contribution in [2.75, 3.05) is 19.7 Å². The average Bonchev–Trinajstić information content (AvgIpc) is 2.87. The zero-order valence-electron chi connectivity index (χ0n) is 11.4. The van der Waals surface area contributed by atoms with Gasteiger partial charge >= 0.3 is 18.0 Å². The van der Waals surface area contributed by atoms with E-state index in [1.54, 1.807) is 6.92 Å². The van der Waals surface area contributed by atoms with Crippen LogP contribution in [0.4, 0.5) is 4.79 Å². The molecule has 20 heavy (non-hydrogen) atoms. The summed E-state index contributed by atoms with van der Waals surface area (Å²) in [5.41, 5.74) is 0. The Morgan fingerprint density at radius 3 is 2.55 bits per heavy atom. The van der Waals surface area contributed by atoms with E-state index in [9.17, 15) is 14.4 Å². The molecule has 1 aliphatic heterocycles. The van der Waals surface area contributed by atoms with Crippen LogP contribution in [0.25, 0.3) is 0 Å². The lowest BCUT2D eigenvalue weighted by atomic mass is 10.2. The van der Waals surface area contributed by atoms with E-state index in [4.69, 9.17) is 14.9 Å². The number of likely N-dealkylation sites (N-methyl/N-ethyl adjacent to an activating group) is 1. The second kappa shape index (κ2) is 7.68. The van der Waals surface area contributed by atoms with Crippen molar-refractivity contribution in [3.63, 3.8) is 0 Å². The molecule has 114 valence electrons. The van der Waals surface area contributed by atoms with Gasteiger partial charge in [-0.1, -0.05) is 0 Å². The topological polar surface area (TPSA) is 116 Å². The Morgan fingerprint density at radius 1 is 1.40 bits per heavy atom. The van der Waals surface area contributed by atoms with Gasteiger partial charge in [-0.25, -0.2) is 9.59 Å². The minimum Gasteiger partial charge on any atom is -0.481 e. The van der Waals surface area contributed by atoms with Crippen molar-refractivity contribution in [2.45, 2.75) is 38.3 Å². The SMILES string of the molecule is CCN(CC1CCCO1)C(=O)N[C@H](CC(=O)O)C(=O)O. The van der Waals surface area contributed by atoms with Gasteiger partial charge in [0.05, 0.1) is 12.5 Å². The number of nitrogens with zero attached hydrogens (tertiary/aromatic N) is 1. The fraction of sp³-hybridized carbons (Fsp3) is 0.750. The number of carbonyl (C=O) groups excluding carboxylic acids is 1. The van der Waals surface area contributed by atoms with E-state index in [0.29, 0.717) is 19.7 Å². The van der Waals surface area contributed by atoms with E-state index < -0.39 is 30.4 Å². The maximum Gasteiger partial charge on any atom is 0.326 e. The molecule has 3 N–H and O–H groups in total. The zero-order chi connectivity index (χ0) is 15.1. The molecule has 8 heteroatoms. The molecule has 0 aliphatic carbocycles. The lowest BCUT2D eigenvalue weighted by molar-refractivity contribution is -0.145. The Balaban J connectivity index is 2.55. The molecule has 8 nitrogen and oxygen atoms in total. The van der Waals surface area contributed by atoms with Crippen LogP contribution in [0, 0.1) is 0 Å². The van der Waals surface area contributed by atoms with Gasteiger partial charge < -0.3 is 25.2 Å². The summed E-state index contributed by atoms with van der Waals surface area (Å²) in [6.07, 6.45) is 1.11. The van der Waals surface area contributed by atoms with E-state index in [-0.39, 0.29) is 6.10 Å². The van der Waals surface area contributed by atoms with Crippen LogP contribution in [-0.4, -0.2) is 64.9 Å². The van der Waals surface area contributed by atoms with Crippen molar-refractivity contribution in [1.29, 1.82) is 0 Å². The predicted molar refractivity (Wildman–Crippen MR) is 68.4 cm³/mol. The van der Waals surface area contributed by atoms with Crippen LogP contribution >= 0.6 is 0 Å². The number of nitrogens with one attached hydrogen (secondary N) is 1. The number of hydrogen-bond donors (Lipinski definition) is 3. The molecular formula is C12H20N2O6. The molecule has 1 saturated heterocycles. The minimum atomic E-state index is -1.43. The average molecular weight is 288 g/mol. The predicted octanol–water partition coefficient (Wildman–Crippen LogP) is 0.125. The summed E-state index contributed by atoms with van der Waals surface area (Å²) in [4.78, 5) is 34.9. The fourth-order valence-electron chi connectivity index (χ4n) is 2.00. The van der Waals surface area contributed by atoms with Crippen LogP contribution < -0.4 is 5.32 Å². The molecule has 1 fully saturated rings. The molecule has 0 aromatic carbocycles. The van der Waals surface area contributed by atoms with Crippen molar-refractivity contribution >= 4 is 18.0 Å². The molecular weight excluding hydrogens is 268 g/mol. The Morgan fingerprint density at radius 2 is 2.10 bits per heavy atom. The van der Waals surface area contributed by atoms with Gasteiger partial charge in [-0.3, -0.25) is 4.79 Å². The van der Waals surface area contributed by atoms with E-state index in [0.717, 1.165) is 12.8 Å². The number of ether oxygens (including phenoxy) is 1.